The van der Waals surface area contributed by atoms with Crippen molar-refractivity contribution in [1.29, 1.82) is 0 Å². The van der Waals surface area contributed by atoms with Crippen LogP contribution in [0, 0.1) is 0 Å². The van der Waals surface area contributed by atoms with Gasteiger partial charge in [-0.15, -0.1) is 0 Å². The average molecular weight is 305 g/mol. The Bertz CT molecular complexity index is 205. The van der Waals surface area contributed by atoms with Gasteiger partial charge in [-0.05, 0) is 0 Å². The highest BCUT2D eigenvalue weighted by molar-refractivity contribution is 6.86. The number of hydrogen-bond donors (Lipinski definition) is 4. The molecule has 4 N–H and O–H groups in total. The molecule has 1 aliphatic rings. The molecular weight excluding hydrogens is 288 g/mol. The fourth-order valence-electron chi connectivity index (χ4n) is 1.49. The fourth-order valence-corrected chi connectivity index (χ4v) is 14.9. The Balaban J connectivity index is 2.98. The van der Waals surface area contributed by atoms with E-state index in [9.17, 15) is 19.2 Å². The van der Waals surface area contributed by atoms with Crippen LogP contribution >= 0.6 is 0 Å². The first-order chi connectivity index (χ1) is 6.83. The standard InChI is InChI=1S/C4H16O8Si4/c1-13(5)9-14(2,6)11-16(4,8)12-15(3,7)10-13/h5-8H,1-4H3. The van der Waals surface area contributed by atoms with E-state index in [1.54, 1.807) is 0 Å². The Morgan fingerprint density at radius 2 is 0.625 bits per heavy atom. The normalized spacial score (nSPS) is 55.5. The molecule has 0 spiro atoms. The van der Waals surface area contributed by atoms with Crippen LogP contribution in [0.15, 0.2) is 0 Å². The van der Waals surface area contributed by atoms with Gasteiger partial charge in [-0.25, -0.2) is 0 Å². The van der Waals surface area contributed by atoms with Gasteiger partial charge in [0, 0.05) is 26.2 Å². The van der Waals surface area contributed by atoms with E-state index >= 15 is 0 Å². The first-order valence-corrected chi connectivity index (χ1v) is 13.6. The average Bonchev–Trinajstić information content (AvgIpc) is 1.67. The van der Waals surface area contributed by atoms with Gasteiger partial charge in [0.15, 0.2) is 0 Å². The maximum absolute atomic E-state index is 9.74. The summed E-state index contributed by atoms with van der Waals surface area (Å²) in [5.74, 6) is 0. The van der Waals surface area contributed by atoms with E-state index in [0.29, 0.717) is 0 Å². The fraction of sp³-hybridized carbons (Fsp3) is 1.00. The molecule has 96 valence electrons. The molecule has 0 radical (unpaired) electrons. The van der Waals surface area contributed by atoms with Crippen molar-refractivity contribution in [2.75, 3.05) is 0 Å². The third-order valence-corrected chi connectivity index (χ3v) is 13.6. The molecule has 0 amide bonds. The van der Waals surface area contributed by atoms with Crippen molar-refractivity contribution in [2.45, 2.75) is 26.2 Å². The van der Waals surface area contributed by atoms with Crippen molar-refractivity contribution in [2.24, 2.45) is 0 Å². The molecule has 12 heteroatoms. The molecule has 0 saturated carbocycles. The summed E-state index contributed by atoms with van der Waals surface area (Å²) in [6.07, 6.45) is 0. The van der Waals surface area contributed by atoms with Crippen LogP contribution in [0.25, 0.3) is 0 Å². The molecule has 8 nitrogen and oxygen atoms in total. The zero-order chi connectivity index (χ0) is 12.8. The van der Waals surface area contributed by atoms with Gasteiger partial charge >= 0.3 is 35.2 Å². The lowest BCUT2D eigenvalue weighted by molar-refractivity contribution is 0.0801. The number of rotatable bonds is 0. The maximum atomic E-state index is 9.74. The van der Waals surface area contributed by atoms with Gasteiger partial charge in [-0.3, -0.25) is 0 Å². The zero-order valence-corrected chi connectivity index (χ0v) is 13.4. The molecule has 0 bridgehead atoms. The first kappa shape index (κ1) is 14.6. The van der Waals surface area contributed by atoms with Gasteiger partial charge in [-0.1, -0.05) is 0 Å². The summed E-state index contributed by atoms with van der Waals surface area (Å²) in [6.45, 7) is 4.91. The Morgan fingerprint density at radius 3 is 0.750 bits per heavy atom. The smallest absolute Gasteiger partial charge is 0.391 e. The Hall–Kier alpha value is 0.548. The Morgan fingerprint density at radius 1 is 0.500 bits per heavy atom. The quantitative estimate of drug-likeness (QED) is 0.392. The molecule has 16 heavy (non-hydrogen) atoms. The highest BCUT2D eigenvalue weighted by Crippen LogP contribution is 2.25. The summed E-state index contributed by atoms with van der Waals surface area (Å²) in [7, 11) is -14.9. The van der Waals surface area contributed by atoms with Gasteiger partial charge in [0.25, 0.3) is 0 Å². The van der Waals surface area contributed by atoms with Crippen molar-refractivity contribution in [1.82, 2.24) is 0 Å². The van der Waals surface area contributed by atoms with Crippen LogP contribution in [0.1, 0.15) is 0 Å². The summed E-state index contributed by atoms with van der Waals surface area (Å²) < 4.78 is 19.8. The lowest BCUT2D eigenvalue weighted by Crippen LogP contribution is -2.68. The van der Waals surface area contributed by atoms with Crippen molar-refractivity contribution in [3.63, 3.8) is 0 Å². The molecule has 0 unspecified atom stereocenters. The molecule has 0 aromatic carbocycles. The molecule has 1 aliphatic heterocycles. The topological polar surface area (TPSA) is 118 Å². The minimum absolute atomic E-state index is 1.23. The molecule has 0 aromatic rings. The van der Waals surface area contributed by atoms with E-state index in [1.165, 1.54) is 26.2 Å². The van der Waals surface area contributed by atoms with E-state index in [2.05, 4.69) is 0 Å². The van der Waals surface area contributed by atoms with Gasteiger partial charge in [-0.2, -0.15) is 0 Å². The predicted octanol–water partition coefficient (Wildman–Crippen LogP) is -1.69. The van der Waals surface area contributed by atoms with Crippen LogP contribution < -0.4 is 0 Å². The highest BCUT2D eigenvalue weighted by atomic mass is 28.5. The summed E-state index contributed by atoms with van der Waals surface area (Å²) in [5.41, 5.74) is 0. The SMILES string of the molecule is C[Si]1(O)O[Si](C)(O)O[Si](C)(O)O[Si](C)(O)O1. The van der Waals surface area contributed by atoms with Gasteiger partial charge in [0.1, 0.15) is 0 Å². The van der Waals surface area contributed by atoms with Crippen LogP contribution in [0.2, 0.25) is 26.2 Å². The first-order valence-electron chi connectivity index (χ1n) is 4.53. The zero-order valence-electron chi connectivity index (χ0n) is 9.42. The molecule has 0 atom stereocenters. The van der Waals surface area contributed by atoms with Crippen molar-refractivity contribution < 1.29 is 35.6 Å². The van der Waals surface area contributed by atoms with Crippen molar-refractivity contribution in [3.8, 4) is 0 Å². The van der Waals surface area contributed by atoms with Crippen molar-refractivity contribution >= 4 is 35.2 Å². The Labute approximate surface area is 97.5 Å². The molecule has 0 aromatic heterocycles. The third kappa shape index (κ3) is 4.43. The minimum Gasteiger partial charge on any atom is -0.391 e. The van der Waals surface area contributed by atoms with E-state index < -0.39 is 35.2 Å². The second kappa shape index (κ2) is 4.04. The minimum atomic E-state index is -3.72. The lowest BCUT2D eigenvalue weighted by Gasteiger charge is -2.40. The number of hydrogen-bond acceptors (Lipinski definition) is 8. The van der Waals surface area contributed by atoms with E-state index in [1.807, 2.05) is 0 Å². The van der Waals surface area contributed by atoms with Crippen LogP contribution in [-0.4, -0.2) is 54.4 Å². The second-order valence-electron chi connectivity index (χ2n) is 4.00. The van der Waals surface area contributed by atoms with E-state index in [-0.39, 0.29) is 0 Å². The van der Waals surface area contributed by atoms with Crippen LogP contribution in [0.4, 0.5) is 0 Å². The largest absolute Gasteiger partial charge is 0.480 e. The maximum Gasteiger partial charge on any atom is 0.480 e. The summed E-state index contributed by atoms with van der Waals surface area (Å²) >= 11 is 0. The Kier molecular flexibility index (Phi) is 3.69. The monoisotopic (exact) mass is 304 g/mol. The van der Waals surface area contributed by atoms with Gasteiger partial charge < -0.3 is 35.6 Å². The second-order valence-corrected chi connectivity index (χ2v) is 14.4. The van der Waals surface area contributed by atoms with E-state index in [0.717, 1.165) is 0 Å². The molecule has 0 aliphatic carbocycles. The molecular formula is C4H16O8Si4. The predicted molar refractivity (Wildman–Crippen MR) is 59.7 cm³/mol. The van der Waals surface area contributed by atoms with Crippen LogP contribution in [-0.2, 0) is 16.5 Å². The van der Waals surface area contributed by atoms with Gasteiger partial charge in [0.2, 0.25) is 0 Å². The van der Waals surface area contributed by atoms with Crippen LogP contribution in [0.5, 0.6) is 0 Å². The van der Waals surface area contributed by atoms with Crippen LogP contribution in [0.3, 0.4) is 0 Å². The molecule has 1 rings (SSSR count). The molecule has 1 fully saturated rings. The summed E-state index contributed by atoms with van der Waals surface area (Å²) in [5, 5.41) is 0. The molecule has 1 heterocycles. The van der Waals surface area contributed by atoms with Gasteiger partial charge in [0.05, 0.1) is 0 Å². The summed E-state index contributed by atoms with van der Waals surface area (Å²) in [6, 6.07) is 0. The highest BCUT2D eigenvalue weighted by Gasteiger charge is 2.58. The third-order valence-electron chi connectivity index (χ3n) is 1.51. The summed E-state index contributed by atoms with van der Waals surface area (Å²) in [4.78, 5) is 39.0. The molecule has 1 saturated heterocycles. The van der Waals surface area contributed by atoms with E-state index in [4.69, 9.17) is 16.5 Å². The lowest BCUT2D eigenvalue weighted by atomic mass is 11.9. The van der Waals surface area contributed by atoms with Crippen molar-refractivity contribution in [3.05, 3.63) is 0 Å².